The van der Waals surface area contributed by atoms with E-state index in [9.17, 15) is 4.79 Å². The van der Waals surface area contributed by atoms with Crippen LogP contribution in [0.15, 0.2) is 18.2 Å². The van der Waals surface area contributed by atoms with E-state index in [2.05, 4.69) is 0 Å². The van der Waals surface area contributed by atoms with Crippen molar-refractivity contribution in [3.63, 3.8) is 0 Å². The fourth-order valence-corrected chi connectivity index (χ4v) is 2.22. The Bertz CT molecular complexity index is 464. The Morgan fingerprint density at radius 2 is 2.24 bits per heavy atom. The Kier molecular flexibility index (Phi) is 3.34. The molecule has 92 valence electrons. The molecule has 1 aromatic carbocycles. The Morgan fingerprint density at radius 3 is 2.82 bits per heavy atom. The van der Waals surface area contributed by atoms with Crippen molar-refractivity contribution >= 4 is 29.2 Å². The molecule has 3 nitrogen and oxygen atoms in total. The molecule has 17 heavy (non-hydrogen) atoms. The minimum Gasteiger partial charge on any atom is -0.465 e. The predicted molar refractivity (Wildman–Crippen MR) is 67.4 cm³/mol. The summed E-state index contributed by atoms with van der Waals surface area (Å²) in [5.74, 6) is -0.382. The first-order valence-corrected chi connectivity index (χ1v) is 6.15. The van der Waals surface area contributed by atoms with Crippen LogP contribution in [0.2, 0.25) is 10.0 Å². The normalized spacial score (nSPS) is 26.7. The van der Waals surface area contributed by atoms with Gasteiger partial charge in [-0.05, 0) is 31.0 Å². The molecule has 0 spiro atoms. The van der Waals surface area contributed by atoms with Gasteiger partial charge >= 0.3 is 5.97 Å². The lowest BCUT2D eigenvalue weighted by atomic mass is 10.1. The Balaban J connectivity index is 2.16. The summed E-state index contributed by atoms with van der Waals surface area (Å²) in [6.07, 6.45) is 0.587. The standard InChI is InChI=1S/C12H13Cl2NO2/c1-2-17-11(16)12(15)6-8(12)7-3-4-9(13)10(14)5-7/h3-5,8H,2,6,15H2,1H3. The third-order valence-electron chi connectivity index (χ3n) is 3.01. The van der Waals surface area contributed by atoms with Gasteiger partial charge in [0.15, 0.2) is 0 Å². The van der Waals surface area contributed by atoms with Crippen molar-refractivity contribution in [2.45, 2.75) is 24.8 Å². The van der Waals surface area contributed by atoms with Crippen LogP contribution in [0.4, 0.5) is 0 Å². The Labute approximate surface area is 110 Å². The molecule has 0 radical (unpaired) electrons. The van der Waals surface area contributed by atoms with Gasteiger partial charge in [-0.2, -0.15) is 0 Å². The minimum absolute atomic E-state index is 0.0312. The summed E-state index contributed by atoms with van der Waals surface area (Å²) in [6.45, 7) is 2.10. The average Bonchev–Trinajstić information content (AvgIpc) is 2.97. The van der Waals surface area contributed by atoms with Crippen molar-refractivity contribution in [2.24, 2.45) is 5.73 Å². The number of rotatable bonds is 3. The Hall–Kier alpha value is -0.770. The number of carbonyl (C=O) groups is 1. The maximum absolute atomic E-state index is 11.7. The molecule has 2 unspecified atom stereocenters. The zero-order valence-electron chi connectivity index (χ0n) is 9.37. The van der Waals surface area contributed by atoms with Crippen molar-refractivity contribution in [1.29, 1.82) is 0 Å². The predicted octanol–water partition coefficient (Wildman–Crippen LogP) is 2.74. The molecule has 0 aromatic heterocycles. The van der Waals surface area contributed by atoms with Gasteiger partial charge in [0.25, 0.3) is 0 Å². The van der Waals surface area contributed by atoms with Crippen LogP contribution in [0.1, 0.15) is 24.8 Å². The van der Waals surface area contributed by atoms with Gasteiger partial charge in [0.1, 0.15) is 5.54 Å². The number of hydrogen-bond acceptors (Lipinski definition) is 3. The molecular weight excluding hydrogens is 261 g/mol. The smallest absolute Gasteiger partial charge is 0.326 e. The quantitative estimate of drug-likeness (QED) is 0.862. The van der Waals surface area contributed by atoms with E-state index in [1.54, 1.807) is 19.1 Å². The topological polar surface area (TPSA) is 52.3 Å². The summed E-state index contributed by atoms with van der Waals surface area (Å²) in [7, 11) is 0. The summed E-state index contributed by atoms with van der Waals surface area (Å²) in [4.78, 5) is 11.7. The molecular formula is C12H13Cl2NO2. The fraction of sp³-hybridized carbons (Fsp3) is 0.417. The first-order valence-electron chi connectivity index (χ1n) is 5.40. The molecule has 5 heteroatoms. The summed E-state index contributed by atoms with van der Waals surface area (Å²) >= 11 is 11.8. The van der Waals surface area contributed by atoms with E-state index in [4.69, 9.17) is 33.7 Å². The van der Waals surface area contributed by atoms with Crippen LogP contribution in [-0.4, -0.2) is 18.1 Å². The van der Waals surface area contributed by atoms with Crippen LogP contribution in [0.5, 0.6) is 0 Å². The molecule has 1 aliphatic rings. The van der Waals surface area contributed by atoms with E-state index in [0.29, 0.717) is 23.1 Å². The lowest BCUT2D eigenvalue weighted by Gasteiger charge is -2.10. The van der Waals surface area contributed by atoms with Gasteiger partial charge in [-0.25, -0.2) is 0 Å². The molecule has 0 aliphatic heterocycles. The first kappa shape index (κ1) is 12.7. The largest absolute Gasteiger partial charge is 0.465 e. The molecule has 0 heterocycles. The number of benzene rings is 1. The molecule has 0 amide bonds. The third-order valence-corrected chi connectivity index (χ3v) is 3.74. The van der Waals surface area contributed by atoms with Crippen molar-refractivity contribution in [2.75, 3.05) is 6.61 Å². The van der Waals surface area contributed by atoms with Crippen LogP contribution in [0, 0.1) is 0 Å². The maximum atomic E-state index is 11.7. The van der Waals surface area contributed by atoms with Crippen molar-refractivity contribution in [3.8, 4) is 0 Å². The van der Waals surface area contributed by atoms with Gasteiger partial charge in [0.05, 0.1) is 16.7 Å². The van der Waals surface area contributed by atoms with Crippen molar-refractivity contribution in [1.82, 2.24) is 0 Å². The van der Waals surface area contributed by atoms with Crippen LogP contribution < -0.4 is 5.73 Å². The highest BCUT2D eigenvalue weighted by atomic mass is 35.5. The van der Waals surface area contributed by atoms with E-state index in [0.717, 1.165) is 5.56 Å². The minimum atomic E-state index is -0.896. The van der Waals surface area contributed by atoms with E-state index in [1.165, 1.54) is 0 Å². The summed E-state index contributed by atoms with van der Waals surface area (Å²) in [5.41, 5.74) is 6.02. The van der Waals surface area contributed by atoms with E-state index in [1.807, 2.05) is 6.07 Å². The van der Waals surface area contributed by atoms with E-state index >= 15 is 0 Å². The first-order chi connectivity index (χ1) is 7.99. The maximum Gasteiger partial charge on any atom is 0.326 e. The van der Waals surface area contributed by atoms with E-state index < -0.39 is 5.54 Å². The third kappa shape index (κ3) is 2.28. The molecule has 1 fully saturated rings. The molecule has 0 bridgehead atoms. The summed E-state index contributed by atoms with van der Waals surface area (Å²) in [5, 5.41) is 0.970. The molecule has 1 aliphatic carbocycles. The number of esters is 1. The van der Waals surface area contributed by atoms with Crippen LogP contribution >= 0.6 is 23.2 Å². The average molecular weight is 274 g/mol. The highest BCUT2D eigenvalue weighted by molar-refractivity contribution is 6.42. The van der Waals surface area contributed by atoms with Crippen LogP contribution in [0.25, 0.3) is 0 Å². The number of carbonyl (C=O) groups excluding carboxylic acids is 1. The molecule has 1 aromatic rings. The van der Waals surface area contributed by atoms with E-state index in [-0.39, 0.29) is 11.9 Å². The SMILES string of the molecule is CCOC(=O)C1(N)CC1c1ccc(Cl)c(Cl)c1. The highest BCUT2D eigenvalue weighted by Gasteiger charge is 2.59. The van der Waals surface area contributed by atoms with Gasteiger partial charge in [-0.15, -0.1) is 0 Å². The number of hydrogen-bond donors (Lipinski definition) is 1. The molecule has 1 saturated carbocycles. The van der Waals surface area contributed by atoms with Crippen molar-refractivity contribution < 1.29 is 9.53 Å². The highest BCUT2D eigenvalue weighted by Crippen LogP contribution is 2.50. The zero-order chi connectivity index (χ0) is 12.6. The van der Waals surface area contributed by atoms with Gasteiger partial charge in [-0.1, -0.05) is 29.3 Å². The van der Waals surface area contributed by atoms with Crippen molar-refractivity contribution in [3.05, 3.63) is 33.8 Å². The lowest BCUT2D eigenvalue weighted by molar-refractivity contribution is -0.145. The second kappa shape index (κ2) is 4.48. The molecule has 2 rings (SSSR count). The second-order valence-corrected chi connectivity index (χ2v) is 5.01. The number of ether oxygens (including phenoxy) is 1. The van der Waals surface area contributed by atoms with Crippen LogP contribution in [-0.2, 0) is 9.53 Å². The molecule has 2 atom stereocenters. The van der Waals surface area contributed by atoms with Gasteiger partial charge in [0.2, 0.25) is 0 Å². The molecule has 0 saturated heterocycles. The van der Waals surface area contributed by atoms with Gasteiger partial charge in [-0.3, -0.25) is 4.79 Å². The Morgan fingerprint density at radius 1 is 1.53 bits per heavy atom. The zero-order valence-corrected chi connectivity index (χ0v) is 10.9. The van der Waals surface area contributed by atoms with Gasteiger partial charge in [0, 0.05) is 5.92 Å². The number of halogens is 2. The monoisotopic (exact) mass is 273 g/mol. The second-order valence-electron chi connectivity index (χ2n) is 4.19. The summed E-state index contributed by atoms with van der Waals surface area (Å²) < 4.78 is 4.95. The number of nitrogens with two attached hydrogens (primary N) is 1. The fourth-order valence-electron chi connectivity index (χ4n) is 1.91. The lowest BCUT2D eigenvalue weighted by Crippen LogP contribution is -2.36. The molecule has 2 N–H and O–H groups in total. The summed E-state index contributed by atoms with van der Waals surface area (Å²) in [6, 6.07) is 5.30. The van der Waals surface area contributed by atoms with Gasteiger partial charge < -0.3 is 10.5 Å². The van der Waals surface area contributed by atoms with Crippen LogP contribution in [0.3, 0.4) is 0 Å².